The summed E-state index contributed by atoms with van der Waals surface area (Å²) >= 11 is 0. The summed E-state index contributed by atoms with van der Waals surface area (Å²) in [5, 5.41) is 4.64. The van der Waals surface area contributed by atoms with E-state index in [1.54, 1.807) is 0 Å². The lowest BCUT2D eigenvalue weighted by molar-refractivity contribution is -0.135. The summed E-state index contributed by atoms with van der Waals surface area (Å²) in [5.74, 6) is 1.31. The maximum absolute atomic E-state index is 12.3. The lowest BCUT2D eigenvalue weighted by Crippen LogP contribution is -2.41. The first kappa shape index (κ1) is 19.2. The Morgan fingerprint density at radius 2 is 1.86 bits per heavy atom. The monoisotopic (exact) mass is 382 g/mol. The summed E-state index contributed by atoms with van der Waals surface area (Å²) in [7, 11) is 0. The zero-order valence-corrected chi connectivity index (χ0v) is 16.5. The average Bonchev–Trinajstić information content (AvgIpc) is 2.77. The molecule has 1 aromatic heterocycles. The van der Waals surface area contributed by atoms with Crippen molar-refractivity contribution >= 4 is 22.6 Å². The topological polar surface area (TPSA) is 57.7 Å². The van der Waals surface area contributed by atoms with E-state index in [-0.39, 0.29) is 5.91 Å². The van der Waals surface area contributed by atoms with Crippen molar-refractivity contribution in [2.24, 2.45) is 0 Å². The van der Waals surface area contributed by atoms with Crippen molar-refractivity contribution in [2.75, 3.05) is 50.8 Å². The second-order valence-corrected chi connectivity index (χ2v) is 7.63. The van der Waals surface area contributed by atoms with Gasteiger partial charge in [0.1, 0.15) is 5.82 Å². The van der Waals surface area contributed by atoms with Crippen LogP contribution in [0.25, 0.3) is 10.9 Å². The SMILES string of the molecule is O=C(CCNCc1cc2ccccc2nc1N1CCCCC1)N1CCOCC1. The Kier molecular flexibility index (Phi) is 6.39. The third kappa shape index (κ3) is 4.62. The number of para-hydroxylation sites is 1. The first-order valence-electron chi connectivity index (χ1n) is 10.5. The van der Waals surface area contributed by atoms with Crippen molar-refractivity contribution in [3.63, 3.8) is 0 Å². The molecule has 1 N–H and O–H groups in total. The van der Waals surface area contributed by atoms with Crippen molar-refractivity contribution in [3.05, 3.63) is 35.9 Å². The Morgan fingerprint density at radius 1 is 1.07 bits per heavy atom. The number of nitrogens with one attached hydrogen (secondary N) is 1. The van der Waals surface area contributed by atoms with E-state index < -0.39 is 0 Å². The predicted molar refractivity (Wildman–Crippen MR) is 112 cm³/mol. The molecule has 0 unspecified atom stereocenters. The quantitative estimate of drug-likeness (QED) is 0.778. The molecule has 0 radical (unpaired) electrons. The van der Waals surface area contributed by atoms with Crippen molar-refractivity contribution in [1.29, 1.82) is 0 Å². The molecule has 150 valence electrons. The van der Waals surface area contributed by atoms with Crippen LogP contribution < -0.4 is 10.2 Å². The number of amides is 1. The van der Waals surface area contributed by atoms with Gasteiger partial charge in [-0.25, -0.2) is 4.98 Å². The van der Waals surface area contributed by atoms with Gasteiger partial charge in [0.2, 0.25) is 5.91 Å². The number of morpholine rings is 1. The van der Waals surface area contributed by atoms with Gasteiger partial charge in [0.25, 0.3) is 0 Å². The van der Waals surface area contributed by atoms with Crippen molar-refractivity contribution in [3.8, 4) is 0 Å². The number of nitrogens with zero attached hydrogens (tertiary/aromatic N) is 3. The molecule has 28 heavy (non-hydrogen) atoms. The first-order valence-corrected chi connectivity index (χ1v) is 10.5. The smallest absolute Gasteiger partial charge is 0.224 e. The number of benzene rings is 1. The fraction of sp³-hybridized carbons (Fsp3) is 0.545. The standard InChI is InChI=1S/C22H30N4O2/c27-21(25-12-14-28-15-13-25)8-9-23-17-19-16-18-6-2-3-7-20(18)24-22(19)26-10-4-1-5-11-26/h2-3,6-7,16,23H,1,4-5,8-15,17H2. The fourth-order valence-electron chi connectivity index (χ4n) is 4.05. The van der Waals surface area contributed by atoms with Gasteiger partial charge in [-0.05, 0) is 31.4 Å². The molecule has 0 spiro atoms. The first-order chi connectivity index (χ1) is 13.8. The minimum absolute atomic E-state index is 0.212. The van der Waals surface area contributed by atoms with E-state index in [1.807, 2.05) is 11.0 Å². The van der Waals surface area contributed by atoms with Crippen LogP contribution >= 0.6 is 0 Å². The Labute approximate surface area is 166 Å². The molecule has 0 aliphatic carbocycles. The molecule has 2 fully saturated rings. The van der Waals surface area contributed by atoms with E-state index in [0.717, 1.165) is 31.0 Å². The highest BCUT2D eigenvalue weighted by atomic mass is 16.5. The summed E-state index contributed by atoms with van der Waals surface area (Å²) in [6, 6.07) is 10.6. The second kappa shape index (κ2) is 9.34. The third-order valence-electron chi connectivity index (χ3n) is 5.63. The second-order valence-electron chi connectivity index (χ2n) is 7.63. The molecular formula is C22H30N4O2. The van der Waals surface area contributed by atoms with Crippen LogP contribution in [0.2, 0.25) is 0 Å². The molecular weight excluding hydrogens is 352 g/mol. The predicted octanol–water partition coefficient (Wildman–Crippen LogP) is 2.56. The highest BCUT2D eigenvalue weighted by molar-refractivity contribution is 5.82. The van der Waals surface area contributed by atoms with E-state index in [2.05, 4.69) is 34.5 Å². The van der Waals surface area contributed by atoms with Crippen LogP contribution in [0.5, 0.6) is 0 Å². The van der Waals surface area contributed by atoms with E-state index in [0.29, 0.717) is 39.3 Å². The molecule has 1 aromatic carbocycles. The molecule has 0 atom stereocenters. The van der Waals surface area contributed by atoms with Crippen molar-refractivity contribution < 1.29 is 9.53 Å². The van der Waals surface area contributed by atoms with Gasteiger partial charge >= 0.3 is 0 Å². The number of hydrogen-bond donors (Lipinski definition) is 1. The largest absolute Gasteiger partial charge is 0.378 e. The minimum atomic E-state index is 0.212. The Bertz CT molecular complexity index is 798. The Hall–Kier alpha value is -2.18. The molecule has 2 aromatic rings. The molecule has 6 nitrogen and oxygen atoms in total. The number of hydrogen-bond acceptors (Lipinski definition) is 5. The van der Waals surface area contributed by atoms with E-state index in [1.165, 1.54) is 30.2 Å². The number of fused-ring (bicyclic) bond motifs is 1. The molecule has 2 saturated heterocycles. The van der Waals surface area contributed by atoms with Gasteiger partial charge in [-0.2, -0.15) is 0 Å². The molecule has 1 amide bonds. The third-order valence-corrected chi connectivity index (χ3v) is 5.63. The minimum Gasteiger partial charge on any atom is -0.378 e. The van der Waals surface area contributed by atoms with Gasteiger partial charge in [-0.3, -0.25) is 4.79 Å². The zero-order valence-electron chi connectivity index (χ0n) is 16.5. The van der Waals surface area contributed by atoms with Crippen LogP contribution in [0.1, 0.15) is 31.2 Å². The maximum atomic E-state index is 12.3. The summed E-state index contributed by atoms with van der Waals surface area (Å²) < 4.78 is 5.32. The van der Waals surface area contributed by atoms with E-state index in [4.69, 9.17) is 9.72 Å². The lowest BCUT2D eigenvalue weighted by atomic mass is 10.1. The summed E-state index contributed by atoms with van der Waals surface area (Å²) in [5.41, 5.74) is 2.27. The van der Waals surface area contributed by atoms with Crippen LogP contribution in [0.15, 0.2) is 30.3 Å². The van der Waals surface area contributed by atoms with Crippen molar-refractivity contribution in [2.45, 2.75) is 32.2 Å². The van der Waals surface area contributed by atoms with Gasteiger partial charge in [-0.1, -0.05) is 18.2 Å². The zero-order chi connectivity index (χ0) is 19.2. The van der Waals surface area contributed by atoms with E-state index >= 15 is 0 Å². The van der Waals surface area contributed by atoms with Crippen LogP contribution in [-0.2, 0) is 16.1 Å². The highest BCUT2D eigenvalue weighted by Gasteiger charge is 2.18. The fourth-order valence-corrected chi connectivity index (χ4v) is 4.05. The lowest BCUT2D eigenvalue weighted by Gasteiger charge is -2.30. The summed E-state index contributed by atoms with van der Waals surface area (Å²) in [6.45, 7) is 6.31. The number of ether oxygens (including phenoxy) is 1. The van der Waals surface area contributed by atoms with Gasteiger partial charge in [0.15, 0.2) is 0 Å². The number of anilines is 1. The number of aromatic nitrogens is 1. The number of carbonyl (C=O) groups is 1. The summed E-state index contributed by atoms with van der Waals surface area (Å²) in [4.78, 5) is 21.6. The number of rotatable bonds is 6. The van der Waals surface area contributed by atoms with E-state index in [9.17, 15) is 4.79 Å². The average molecular weight is 383 g/mol. The highest BCUT2D eigenvalue weighted by Crippen LogP contribution is 2.26. The van der Waals surface area contributed by atoms with Crippen LogP contribution in [0.3, 0.4) is 0 Å². The molecule has 2 aliphatic rings. The number of pyridine rings is 1. The Morgan fingerprint density at radius 3 is 2.68 bits per heavy atom. The van der Waals surface area contributed by atoms with Crippen molar-refractivity contribution in [1.82, 2.24) is 15.2 Å². The molecule has 4 rings (SSSR count). The van der Waals surface area contributed by atoms with Crippen LogP contribution in [0.4, 0.5) is 5.82 Å². The van der Waals surface area contributed by atoms with Gasteiger partial charge in [0.05, 0.1) is 18.7 Å². The normalized spacial score (nSPS) is 17.9. The maximum Gasteiger partial charge on any atom is 0.224 e. The molecule has 6 heteroatoms. The molecule has 0 saturated carbocycles. The van der Waals surface area contributed by atoms with Gasteiger partial charge < -0.3 is 19.9 Å². The van der Waals surface area contributed by atoms with Crippen LogP contribution in [0, 0.1) is 0 Å². The van der Waals surface area contributed by atoms with Crippen LogP contribution in [-0.4, -0.2) is 61.7 Å². The van der Waals surface area contributed by atoms with Gasteiger partial charge in [0, 0.05) is 56.6 Å². The molecule has 0 bridgehead atoms. The summed E-state index contributed by atoms with van der Waals surface area (Å²) in [6.07, 6.45) is 4.30. The Balaban J connectivity index is 1.40. The molecule has 2 aliphatic heterocycles. The number of piperidine rings is 1. The van der Waals surface area contributed by atoms with Gasteiger partial charge in [-0.15, -0.1) is 0 Å². The molecule has 3 heterocycles. The number of carbonyl (C=O) groups excluding carboxylic acids is 1.